The molecular formula is C19H25N3O7. The summed E-state index contributed by atoms with van der Waals surface area (Å²) in [5, 5.41) is 59.9. The topological polar surface area (TPSA) is 176 Å². The fourth-order valence-electron chi connectivity index (χ4n) is 2.59. The van der Waals surface area contributed by atoms with Crippen LogP contribution >= 0.6 is 0 Å². The summed E-state index contributed by atoms with van der Waals surface area (Å²) in [4.78, 5) is 20.4. The van der Waals surface area contributed by atoms with Crippen LogP contribution < -0.4 is 5.32 Å². The number of nitrogens with one attached hydrogen (secondary N) is 1. The number of rotatable bonds is 10. The second-order valence-electron chi connectivity index (χ2n) is 6.52. The fraction of sp³-hybridized carbons (Fsp3) is 0.421. The molecule has 0 aliphatic heterocycles. The van der Waals surface area contributed by atoms with Gasteiger partial charge in [0.1, 0.15) is 18.3 Å². The third-order valence-corrected chi connectivity index (χ3v) is 4.37. The van der Waals surface area contributed by atoms with E-state index in [2.05, 4.69) is 15.3 Å². The van der Waals surface area contributed by atoms with Gasteiger partial charge in [0.25, 0.3) is 5.91 Å². The lowest BCUT2D eigenvalue weighted by molar-refractivity contribution is -0.0790. The quantitative estimate of drug-likeness (QED) is 0.233. The molecule has 1 aromatic carbocycles. The maximum atomic E-state index is 12.3. The highest BCUT2D eigenvalue weighted by Gasteiger charge is 2.27. The average molecular weight is 407 g/mol. The highest BCUT2D eigenvalue weighted by Crippen LogP contribution is 2.17. The first-order valence-electron chi connectivity index (χ1n) is 8.98. The normalized spacial score (nSPS) is 16.5. The van der Waals surface area contributed by atoms with Crippen molar-refractivity contribution in [1.82, 2.24) is 15.3 Å². The van der Waals surface area contributed by atoms with Crippen molar-refractivity contribution in [2.45, 2.75) is 36.9 Å². The van der Waals surface area contributed by atoms with Gasteiger partial charge in [0, 0.05) is 18.2 Å². The van der Waals surface area contributed by atoms with Crippen molar-refractivity contribution in [1.29, 1.82) is 0 Å². The molecule has 1 heterocycles. The zero-order valence-electron chi connectivity index (χ0n) is 15.5. The van der Waals surface area contributed by atoms with E-state index in [1.807, 2.05) is 0 Å². The average Bonchev–Trinajstić information content (AvgIpc) is 2.77. The summed E-state index contributed by atoms with van der Waals surface area (Å²) in [6.45, 7) is -1.30. The van der Waals surface area contributed by atoms with Crippen LogP contribution in [0.5, 0.6) is 0 Å². The van der Waals surface area contributed by atoms with E-state index >= 15 is 0 Å². The first-order valence-corrected chi connectivity index (χ1v) is 8.98. The van der Waals surface area contributed by atoms with Gasteiger partial charge in [0.15, 0.2) is 0 Å². The molecule has 1 amide bonds. The highest BCUT2D eigenvalue weighted by molar-refractivity contribution is 5.94. The van der Waals surface area contributed by atoms with Crippen LogP contribution in [0.15, 0.2) is 42.7 Å². The number of benzene rings is 1. The smallest absolute Gasteiger partial charge is 0.251 e. The lowest BCUT2D eigenvalue weighted by atomic mass is 10.0. The standard InChI is InChI=1S/C19H25N3O7/c23-9-15(25)13(22-19(29)11-4-2-1-3-5-11)6-12-7-21-14(8-20-12)17(27)18(28)16(26)10-24/h1-5,7-8,13,15-18,23-28H,6,9-10H2,(H,22,29)/t13-,15-,16-,17-,18-/m1/s1. The van der Waals surface area contributed by atoms with Gasteiger partial charge in [-0.15, -0.1) is 0 Å². The molecule has 0 aliphatic carbocycles. The number of hydrogen-bond acceptors (Lipinski definition) is 9. The molecule has 0 saturated heterocycles. The Balaban J connectivity index is 2.08. The molecule has 10 nitrogen and oxygen atoms in total. The monoisotopic (exact) mass is 407 g/mol. The van der Waals surface area contributed by atoms with Gasteiger partial charge in [-0.2, -0.15) is 0 Å². The van der Waals surface area contributed by atoms with E-state index in [1.54, 1.807) is 30.3 Å². The van der Waals surface area contributed by atoms with Gasteiger partial charge in [-0.25, -0.2) is 0 Å². The van der Waals surface area contributed by atoms with Gasteiger partial charge in [0.05, 0.1) is 42.9 Å². The molecule has 0 aliphatic rings. The molecule has 0 spiro atoms. The summed E-state index contributed by atoms with van der Waals surface area (Å²) >= 11 is 0. The Morgan fingerprint density at radius 3 is 2.14 bits per heavy atom. The van der Waals surface area contributed by atoms with E-state index in [9.17, 15) is 30.3 Å². The van der Waals surface area contributed by atoms with Crippen molar-refractivity contribution in [3.05, 3.63) is 59.7 Å². The zero-order chi connectivity index (χ0) is 21.4. The Morgan fingerprint density at radius 1 is 0.931 bits per heavy atom. The van der Waals surface area contributed by atoms with Crippen LogP contribution in [0.2, 0.25) is 0 Å². The van der Waals surface area contributed by atoms with Gasteiger partial charge in [-0.1, -0.05) is 18.2 Å². The first-order chi connectivity index (χ1) is 13.9. The molecule has 2 aromatic rings. The summed E-state index contributed by atoms with van der Waals surface area (Å²) in [7, 11) is 0. The van der Waals surface area contributed by atoms with Crippen LogP contribution in [-0.2, 0) is 6.42 Å². The lowest BCUT2D eigenvalue weighted by Gasteiger charge is -2.23. The molecule has 29 heavy (non-hydrogen) atoms. The minimum Gasteiger partial charge on any atom is -0.394 e. The summed E-state index contributed by atoms with van der Waals surface area (Å²) < 4.78 is 0. The molecular weight excluding hydrogens is 382 g/mol. The third-order valence-electron chi connectivity index (χ3n) is 4.37. The minimum atomic E-state index is -1.64. The Morgan fingerprint density at radius 2 is 1.59 bits per heavy atom. The summed E-state index contributed by atoms with van der Waals surface area (Å²) in [6.07, 6.45) is -3.48. The third kappa shape index (κ3) is 6.26. The van der Waals surface area contributed by atoms with Crippen LogP contribution in [0.1, 0.15) is 27.8 Å². The molecule has 158 valence electrons. The molecule has 1 aromatic heterocycles. The Hall–Kier alpha value is -2.47. The van der Waals surface area contributed by atoms with E-state index in [4.69, 9.17) is 5.11 Å². The molecule has 5 atom stereocenters. The maximum absolute atomic E-state index is 12.3. The molecule has 0 unspecified atom stereocenters. The van der Waals surface area contributed by atoms with Crippen LogP contribution in [-0.4, -0.2) is 84.1 Å². The number of amides is 1. The predicted octanol–water partition coefficient (Wildman–Crippen LogP) is -2.08. The molecule has 2 rings (SSSR count). The van der Waals surface area contributed by atoms with Gasteiger partial charge in [0.2, 0.25) is 0 Å². The molecule has 0 fully saturated rings. The van der Waals surface area contributed by atoms with E-state index in [-0.39, 0.29) is 12.1 Å². The second kappa shape index (κ2) is 10.9. The second-order valence-corrected chi connectivity index (χ2v) is 6.52. The molecule has 0 saturated carbocycles. The zero-order valence-corrected chi connectivity index (χ0v) is 15.5. The Labute approximate surface area is 167 Å². The van der Waals surface area contributed by atoms with Gasteiger partial charge in [-0.3, -0.25) is 14.8 Å². The number of carbonyl (C=O) groups excluding carboxylic acids is 1. The van der Waals surface area contributed by atoms with Crippen molar-refractivity contribution < 1.29 is 35.4 Å². The van der Waals surface area contributed by atoms with E-state index < -0.39 is 49.6 Å². The number of aliphatic hydroxyl groups is 6. The highest BCUT2D eigenvalue weighted by atomic mass is 16.4. The molecule has 10 heteroatoms. The molecule has 7 N–H and O–H groups in total. The number of hydrogen-bond donors (Lipinski definition) is 7. The van der Waals surface area contributed by atoms with Crippen molar-refractivity contribution in [2.24, 2.45) is 0 Å². The lowest BCUT2D eigenvalue weighted by Crippen LogP contribution is -2.46. The summed E-state index contributed by atoms with van der Waals surface area (Å²) in [6, 6.07) is 7.53. The van der Waals surface area contributed by atoms with E-state index in [0.717, 1.165) is 0 Å². The van der Waals surface area contributed by atoms with Crippen molar-refractivity contribution in [2.75, 3.05) is 13.2 Å². The maximum Gasteiger partial charge on any atom is 0.251 e. The van der Waals surface area contributed by atoms with Crippen molar-refractivity contribution in [3.8, 4) is 0 Å². The van der Waals surface area contributed by atoms with Gasteiger partial charge < -0.3 is 36.0 Å². The van der Waals surface area contributed by atoms with Crippen LogP contribution in [0.3, 0.4) is 0 Å². The van der Waals surface area contributed by atoms with Crippen LogP contribution in [0, 0.1) is 0 Å². The number of aromatic nitrogens is 2. The van der Waals surface area contributed by atoms with Crippen molar-refractivity contribution >= 4 is 5.91 Å². The SMILES string of the molecule is O=C(N[C@H](Cc1cnc([C@@H](O)[C@H](O)[C@H](O)CO)cn1)[C@H](O)CO)c1ccccc1. The Bertz CT molecular complexity index is 760. The van der Waals surface area contributed by atoms with E-state index in [1.165, 1.54) is 12.4 Å². The number of nitrogens with zero attached hydrogens (tertiary/aromatic N) is 2. The van der Waals surface area contributed by atoms with Gasteiger partial charge in [-0.05, 0) is 12.1 Å². The molecule has 0 bridgehead atoms. The minimum absolute atomic E-state index is 0.0265. The van der Waals surface area contributed by atoms with E-state index in [0.29, 0.717) is 11.3 Å². The van der Waals surface area contributed by atoms with Crippen LogP contribution in [0.25, 0.3) is 0 Å². The Kier molecular flexibility index (Phi) is 8.58. The molecule has 0 radical (unpaired) electrons. The summed E-state index contributed by atoms with van der Waals surface area (Å²) in [5.74, 6) is -0.427. The first kappa shape index (κ1) is 22.8. The fourth-order valence-corrected chi connectivity index (χ4v) is 2.59. The van der Waals surface area contributed by atoms with Crippen molar-refractivity contribution in [3.63, 3.8) is 0 Å². The van der Waals surface area contributed by atoms with Gasteiger partial charge >= 0.3 is 0 Å². The largest absolute Gasteiger partial charge is 0.394 e. The van der Waals surface area contributed by atoms with Crippen LogP contribution in [0.4, 0.5) is 0 Å². The summed E-state index contributed by atoms with van der Waals surface area (Å²) in [5.41, 5.74) is 0.717. The number of carbonyl (C=O) groups is 1. The predicted molar refractivity (Wildman–Crippen MR) is 101 cm³/mol. The number of aliphatic hydroxyl groups excluding tert-OH is 6.